The highest BCUT2D eigenvalue weighted by Crippen LogP contribution is 2.37. The number of rotatable bonds is 9. The largest absolute Gasteiger partial charge is 0.465 e. The van der Waals surface area contributed by atoms with E-state index >= 15 is 0 Å². The molecule has 0 fully saturated rings. The zero-order valence-corrected chi connectivity index (χ0v) is 22.4. The minimum absolute atomic E-state index is 0.176. The molecule has 0 bridgehead atoms. The lowest BCUT2D eigenvalue weighted by atomic mass is 10.1. The predicted octanol–water partition coefficient (Wildman–Crippen LogP) is 6.05. The van der Waals surface area contributed by atoms with Crippen molar-refractivity contribution in [3.63, 3.8) is 0 Å². The number of hydrogen-bond acceptors (Lipinski definition) is 6. The third-order valence-electron chi connectivity index (χ3n) is 5.62. The molecule has 1 amide bonds. The average Bonchev–Trinajstić information content (AvgIpc) is 2.93. The molecule has 0 saturated carbocycles. The molecule has 9 heteroatoms. The quantitative estimate of drug-likeness (QED) is 0.196. The van der Waals surface area contributed by atoms with E-state index in [-0.39, 0.29) is 16.4 Å². The van der Waals surface area contributed by atoms with Gasteiger partial charge < -0.3 is 10.1 Å². The summed E-state index contributed by atoms with van der Waals surface area (Å²) in [7, 11) is -2.44. The SMILES string of the molecule is COC(=O)c1ccccc1NC(=O)C(Sc1ccc(NS(=O)(=O)c2ccc(C)cc2)cc1)c1ccccc1. The van der Waals surface area contributed by atoms with Gasteiger partial charge in [-0.15, -0.1) is 11.8 Å². The number of carbonyl (C=O) groups excluding carboxylic acids is 2. The third-order valence-corrected chi connectivity index (χ3v) is 8.29. The van der Waals surface area contributed by atoms with E-state index in [1.165, 1.54) is 18.9 Å². The molecule has 0 spiro atoms. The molecule has 4 aromatic carbocycles. The fourth-order valence-corrected chi connectivity index (χ4v) is 5.73. The Balaban J connectivity index is 1.54. The highest BCUT2D eigenvalue weighted by atomic mass is 32.2. The van der Waals surface area contributed by atoms with Crippen LogP contribution in [0.15, 0.2) is 113 Å². The topological polar surface area (TPSA) is 102 Å². The Morgan fingerprint density at radius 3 is 2.11 bits per heavy atom. The van der Waals surface area contributed by atoms with Crippen LogP contribution in [0.4, 0.5) is 11.4 Å². The van der Waals surface area contributed by atoms with Gasteiger partial charge in [-0.2, -0.15) is 0 Å². The Morgan fingerprint density at radius 1 is 0.816 bits per heavy atom. The average molecular weight is 547 g/mol. The van der Waals surface area contributed by atoms with Crippen LogP contribution in [-0.2, 0) is 19.6 Å². The summed E-state index contributed by atoms with van der Waals surface area (Å²) in [5.41, 5.74) is 2.76. The number of para-hydroxylation sites is 1. The molecule has 4 aromatic rings. The number of ether oxygens (including phenoxy) is 1. The molecule has 7 nitrogen and oxygen atoms in total. The first-order chi connectivity index (χ1) is 18.3. The second kappa shape index (κ2) is 12.0. The Hall–Kier alpha value is -4.08. The smallest absolute Gasteiger partial charge is 0.339 e. The minimum Gasteiger partial charge on any atom is -0.465 e. The van der Waals surface area contributed by atoms with Crippen molar-refractivity contribution in [2.75, 3.05) is 17.1 Å². The maximum absolute atomic E-state index is 13.4. The van der Waals surface area contributed by atoms with E-state index in [1.807, 2.05) is 37.3 Å². The van der Waals surface area contributed by atoms with Gasteiger partial charge in [0, 0.05) is 10.6 Å². The number of thioether (sulfide) groups is 1. The van der Waals surface area contributed by atoms with Gasteiger partial charge in [0.05, 0.1) is 23.3 Å². The summed E-state index contributed by atoms with van der Waals surface area (Å²) in [6, 6.07) is 29.3. The van der Waals surface area contributed by atoms with Gasteiger partial charge in [-0.25, -0.2) is 13.2 Å². The maximum atomic E-state index is 13.4. The van der Waals surface area contributed by atoms with Crippen molar-refractivity contribution < 1.29 is 22.7 Å². The molecule has 0 aliphatic rings. The van der Waals surface area contributed by atoms with Gasteiger partial charge in [0.2, 0.25) is 5.91 Å². The number of hydrogen-bond donors (Lipinski definition) is 2. The molecule has 0 heterocycles. The van der Waals surface area contributed by atoms with Crippen molar-refractivity contribution in [1.29, 1.82) is 0 Å². The number of esters is 1. The lowest BCUT2D eigenvalue weighted by Crippen LogP contribution is -2.20. The highest BCUT2D eigenvalue weighted by molar-refractivity contribution is 8.00. The van der Waals surface area contributed by atoms with Crippen molar-refractivity contribution in [2.24, 2.45) is 0 Å². The zero-order chi connectivity index (χ0) is 27.1. The predicted molar refractivity (Wildman–Crippen MR) is 150 cm³/mol. The summed E-state index contributed by atoms with van der Waals surface area (Å²) in [5.74, 6) is -0.866. The summed E-state index contributed by atoms with van der Waals surface area (Å²) in [6.07, 6.45) is 0. The van der Waals surface area contributed by atoms with Crippen LogP contribution in [0.5, 0.6) is 0 Å². The third kappa shape index (κ3) is 6.62. The molecule has 0 saturated heterocycles. The van der Waals surface area contributed by atoms with E-state index in [9.17, 15) is 18.0 Å². The van der Waals surface area contributed by atoms with Crippen molar-refractivity contribution >= 4 is 45.0 Å². The molecule has 1 unspecified atom stereocenters. The summed E-state index contributed by atoms with van der Waals surface area (Å²) in [5, 5.41) is 2.22. The summed E-state index contributed by atoms with van der Waals surface area (Å²) in [4.78, 5) is 26.5. The molecule has 1 atom stereocenters. The van der Waals surface area contributed by atoms with Crippen molar-refractivity contribution in [3.05, 3.63) is 120 Å². The van der Waals surface area contributed by atoms with E-state index in [4.69, 9.17) is 4.74 Å². The molecule has 194 valence electrons. The molecule has 38 heavy (non-hydrogen) atoms. The van der Waals surface area contributed by atoms with Gasteiger partial charge in [0.15, 0.2) is 0 Å². The lowest BCUT2D eigenvalue weighted by molar-refractivity contribution is -0.115. The molecular weight excluding hydrogens is 520 g/mol. The van der Waals surface area contributed by atoms with E-state index in [0.29, 0.717) is 11.4 Å². The standard InChI is InChI=1S/C29H26N2O5S2/c1-20-12-18-24(19-13-20)38(34,35)31-22-14-16-23(17-15-22)37-27(21-8-4-3-5-9-21)28(32)30-26-11-7-6-10-25(26)29(33)36-2/h3-19,27,31H,1-2H3,(H,30,32). The Bertz CT molecular complexity index is 1520. The van der Waals surface area contributed by atoms with Crippen LogP contribution in [0.2, 0.25) is 0 Å². The van der Waals surface area contributed by atoms with E-state index in [2.05, 4.69) is 10.0 Å². The number of nitrogens with one attached hydrogen (secondary N) is 2. The van der Waals surface area contributed by atoms with E-state index in [0.717, 1.165) is 16.0 Å². The Labute approximate surface area is 226 Å². The summed E-state index contributed by atoms with van der Waals surface area (Å²) >= 11 is 1.31. The van der Waals surface area contributed by atoms with Gasteiger partial charge in [0.1, 0.15) is 5.25 Å². The monoisotopic (exact) mass is 546 g/mol. The van der Waals surface area contributed by atoms with Gasteiger partial charge in [0.25, 0.3) is 10.0 Å². The van der Waals surface area contributed by atoms with E-state index in [1.54, 1.807) is 72.8 Å². The van der Waals surface area contributed by atoms with Crippen LogP contribution in [0.3, 0.4) is 0 Å². The molecule has 2 N–H and O–H groups in total. The zero-order valence-electron chi connectivity index (χ0n) is 20.8. The fourth-order valence-electron chi connectivity index (χ4n) is 3.65. The van der Waals surface area contributed by atoms with Gasteiger partial charge >= 0.3 is 5.97 Å². The van der Waals surface area contributed by atoms with Gasteiger partial charge in [-0.1, -0.05) is 60.2 Å². The van der Waals surface area contributed by atoms with Crippen LogP contribution in [0, 0.1) is 6.92 Å². The first-order valence-electron chi connectivity index (χ1n) is 11.7. The number of carbonyl (C=O) groups is 2. The number of benzene rings is 4. The number of sulfonamides is 1. The van der Waals surface area contributed by atoms with Crippen molar-refractivity contribution in [3.8, 4) is 0 Å². The van der Waals surface area contributed by atoms with E-state index < -0.39 is 21.2 Å². The van der Waals surface area contributed by atoms with Crippen LogP contribution in [0.1, 0.15) is 26.7 Å². The Morgan fingerprint density at radius 2 is 1.45 bits per heavy atom. The van der Waals surface area contributed by atoms with Crippen LogP contribution in [0.25, 0.3) is 0 Å². The summed E-state index contributed by atoms with van der Waals surface area (Å²) in [6.45, 7) is 1.89. The number of methoxy groups -OCH3 is 1. The molecular formula is C29H26N2O5S2. The second-order valence-electron chi connectivity index (χ2n) is 8.38. The maximum Gasteiger partial charge on any atom is 0.339 e. The fraction of sp³-hybridized carbons (Fsp3) is 0.103. The Kier molecular flexibility index (Phi) is 8.50. The summed E-state index contributed by atoms with van der Waals surface area (Å²) < 4.78 is 32.9. The van der Waals surface area contributed by atoms with Crippen molar-refractivity contribution in [1.82, 2.24) is 0 Å². The van der Waals surface area contributed by atoms with Crippen LogP contribution < -0.4 is 10.0 Å². The lowest BCUT2D eigenvalue weighted by Gasteiger charge is -2.18. The first kappa shape index (κ1) is 27.0. The normalized spacial score (nSPS) is 11.8. The first-order valence-corrected chi connectivity index (χ1v) is 14.0. The van der Waals surface area contributed by atoms with Gasteiger partial charge in [-0.05, 0) is 61.0 Å². The minimum atomic E-state index is -3.73. The molecule has 0 aliphatic heterocycles. The molecule has 4 rings (SSSR count). The molecule has 0 aromatic heterocycles. The highest BCUT2D eigenvalue weighted by Gasteiger charge is 2.24. The van der Waals surface area contributed by atoms with Gasteiger partial charge in [-0.3, -0.25) is 9.52 Å². The van der Waals surface area contributed by atoms with Crippen LogP contribution >= 0.6 is 11.8 Å². The molecule has 0 aliphatic carbocycles. The number of aryl methyl sites for hydroxylation is 1. The molecule has 0 radical (unpaired) electrons. The second-order valence-corrected chi connectivity index (χ2v) is 11.2. The number of amides is 1. The van der Waals surface area contributed by atoms with Crippen molar-refractivity contribution in [2.45, 2.75) is 22.0 Å². The van der Waals surface area contributed by atoms with Crippen LogP contribution in [-0.4, -0.2) is 27.4 Å². The number of anilines is 2.